The van der Waals surface area contributed by atoms with Gasteiger partial charge in [0.2, 0.25) is 10.0 Å². The molecule has 26 heavy (non-hydrogen) atoms. The van der Waals surface area contributed by atoms with Crippen molar-refractivity contribution in [3.8, 4) is 5.69 Å². The standard InChI is InChI=1S/C15H13BrN6O3S/c1-26(24,25)20-12-4-2-3-11(9-12)17-15(23)14-18-21-22(19-14)13-7-5-10(16)6-8-13/h2-9,20H,1H3,(H,17,23). The van der Waals surface area contributed by atoms with Crippen LogP contribution >= 0.6 is 15.9 Å². The molecule has 3 rings (SSSR count). The van der Waals surface area contributed by atoms with Crippen LogP contribution in [0.25, 0.3) is 5.69 Å². The van der Waals surface area contributed by atoms with E-state index in [4.69, 9.17) is 0 Å². The van der Waals surface area contributed by atoms with Gasteiger partial charge in [-0.3, -0.25) is 9.52 Å². The zero-order chi connectivity index (χ0) is 18.7. The summed E-state index contributed by atoms with van der Waals surface area (Å²) in [5, 5.41) is 14.2. The molecule has 0 atom stereocenters. The highest BCUT2D eigenvalue weighted by Gasteiger charge is 2.14. The van der Waals surface area contributed by atoms with E-state index in [0.29, 0.717) is 17.1 Å². The van der Waals surface area contributed by atoms with Crippen LogP contribution in [0, 0.1) is 0 Å². The Morgan fingerprint density at radius 3 is 2.50 bits per heavy atom. The topological polar surface area (TPSA) is 119 Å². The lowest BCUT2D eigenvalue weighted by molar-refractivity contribution is 0.101. The Hall–Kier alpha value is -2.79. The number of nitrogens with one attached hydrogen (secondary N) is 2. The number of hydrogen-bond donors (Lipinski definition) is 2. The molecule has 1 heterocycles. The van der Waals surface area contributed by atoms with Gasteiger partial charge in [0.15, 0.2) is 0 Å². The van der Waals surface area contributed by atoms with Crippen molar-refractivity contribution in [1.29, 1.82) is 0 Å². The number of sulfonamides is 1. The molecule has 0 radical (unpaired) electrons. The molecule has 0 saturated heterocycles. The fourth-order valence-corrected chi connectivity index (χ4v) is 2.87. The molecular weight excluding hydrogens is 424 g/mol. The van der Waals surface area contributed by atoms with Crippen molar-refractivity contribution in [2.75, 3.05) is 16.3 Å². The zero-order valence-electron chi connectivity index (χ0n) is 13.4. The van der Waals surface area contributed by atoms with Crippen molar-refractivity contribution in [2.24, 2.45) is 0 Å². The van der Waals surface area contributed by atoms with Crippen LogP contribution in [0.15, 0.2) is 53.0 Å². The summed E-state index contributed by atoms with van der Waals surface area (Å²) in [7, 11) is -3.41. The third-order valence-corrected chi connectivity index (χ3v) is 4.23. The first-order valence-corrected chi connectivity index (χ1v) is 9.94. The molecule has 0 aliphatic carbocycles. The van der Waals surface area contributed by atoms with Crippen LogP contribution in [0.2, 0.25) is 0 Å². The minimum absolute atomic E-state index is 0.116. The molecule has 0 unspecified atom stereocenters. The second-order valence-corrected chi connectivity index (χ2v) is 7.95. The normalized spacial score (nSPS) is 11.2. The number of hydrogen-bond acceptors (Lipinski definition) is 6. The third kappa shape index (κ3) is 4.64. The molecule has 134 valence electrons. The van der Waals surface area contributed by atoms with Crippen LogP contribution < -0.4 is 10.0 Å². The van der Waals surface area contributed by atoms with Crippen LogP contribution in [0.4, 0.5) is 11.4 Å². The van der Waals surface area contributed by atoms with E-state index < -0.39 is 15.9 Å². The summed E-state index contributed by atoms with van der Waals surface area (Å²) in [6.07, 6.45) is 1.04. The van der Waals surface area contributed by atoms with Crippen LogP contribution in [-0.4, -0.2) is 40.8 Å². The Kier molecular flexibility index (Phi) is 5.00. The van der Waals surface area contributed by atoms with E-state index in [1.165, 1.54) is 10.9 Å². The monoisotopic (exact) mass is 436 g/mol. The number of rotatable bonds is 5. The largest absolute Gasteiger partial charge is 0.319 e. The van der Waals surface area contributed by atoms with Gasteiger partial charge >= 0.3 is 0 Å². The van der Waals surface area contributed by atoms with Gasteiger partial charge in [-0.15, -0.1) is 15.0 Å². The maximum Gasteiger partial charge on any atom is 0.297 e. The van der Waals surface area contributed by atoms with Gasteiger partial charge in [-0.25, -0.2) is 8.42 Å². The minimum atomic E-state index is -3.41. The third-order valence-electron chi connectivity index (χ3n) is 3.10. The van der Waals surface area contributed by atoms with Crippen LogP contribution in [0.3, 0.4) is 0 Å². The van der Waals surface area contributed by atoms with Crippen LogP contribution in [-0.2, 0) is 10.0 Å². The van der Waals surface area contributed by atoms with Gasteiger partial charge in [-0.1, -0.05) is 22.0 Å². The van der Waals surface area contributed by atoms with Gasteiger partial charge in [-0.2, -0.15) is 0 Å². The van der Waals surface area contributed by atoms with E-state index in [1.54, 1.807) is 30.3 Å². The molecular formula is C15H13BrN6O3S. The molecule has 2 aromatic carbocycles. The predicted octanol–water partition coefficient (Wildman–Crippen LogP) is 2.05. The zero-order valence-corrected chi connectivity index (χ0v) is 15.8. The number of carbonyl (C=O) groups is 1. The number of amides is 1. The number of carbonyl (C=O) groups excluding carboxylic acids is 1. The molecule has 0 saturated carbocycles. The lowest BCUT2D eigenvalue weighted by Gasteiger charge is -2.07. The molecule has 0 aliphatic rings. The highest BCUT2D eigenvalue weighted by Crippen LogP contribution is 2.17. The molecule has 0 aliphatic heterocycles. The minimum Gasteiger partial charge on any atom is -0.319 e. The Balaban J connectivity index is 1.75. The number of anilines is 2. The van der Waals surface area contributed by atoms with Gasteiger partial charge < -0.3 is 5.32 Å². The van der Waals surface area contributed by atoms with Crippen molar-refractivity contribution in [3.63, 3.8) is 0 Å². The van der Waals surface area contributed by atoms with Gasteiger partial charge in [0.05, 0.1) is 17.6 Å². The summed E-state index contributed by atoms with van der Waals surface area (Å²) in [6.45, 7) is 0. The van der Waals surface area contributed by atoms with Gasteiger partial charge in [-0.05, 0) is 47.7 Å². The van der Waals surface area contributed by atoms with E-state index >= 15 is 0 Å². The lowest BCUT2D eigenvalue weighted by atomic mass is 10.3. The van der Waals surface area contributed by atoms with E-state index in [2.05, 4.69) is 41.4 Å². The number of nitrogens with zero attached hydrogens (tertiary/aromatic N) is 4. The Morgan fingerprint density at radius 1 is 1.12 bits per heavy atom. The van der Waals surface area contributed by atoms with Crippen LogP contribution in [0.1, 0.15) is 10.6 Å². The van der Waals surface area contributed by atoms with Gasteiger partial charge in [0.1, 0.15) is 0 Å². The first kappa shape index (κ1) is 18.0. The van der Waals surface area contributed by atoms with Crippen molar-refractivity contribution in [3.05, 3.63) is 58.8 Å². The smallest absolute Gasteiger partial charge is 0.297 e. The molecule has 3 aromatic rings. The highest BCUT2D eigenvalue weighted by molar-refractivity contribution is 9.10. The molecule has 0 fully saturated rings. The second kappa shape index (κ2) is 7.22. The molecule has 0 bridgehead atoms. The van der Waals surface area contributed by atoms with Gasteiger partial charge in [0, 0.05) is 10.2 Å². The van der Waals surface area contributed by atoms with Gasteiger partial charge in [0.25, 0.3) is 11.7 Å². The number of benzene rings is 2. The van der Waals surface area contributed by atoms with E-state index in [9.17, 15) is 13.2 Å². The highest BCUT2D eigenvalue weighted by atomic mass is 79.9. The Labute approximate surface area is 157 Å². The fraction of sp³-hybridized carbons (Fsp3) is 0.0667. The number of tetrazole rings is 1. The molecule has 1 aromatic heterocycles. The summed E-state index contributed by atoms with van der Waals surface area (Å²) in [4.78, 5) is 13.5. The molecule has 11 heteroatoms. The number of aromatic nitrogens is 4. The predicted molar refractivity (Wildman–Crippen MR) is 99.7 cm³/mol. The maximum atomic E-state index is 12.3. The fourth-order valence-electron chi connectivity index (χ4n) is 2.05. The molecule has 1 amide bonds. The maximum absolute atomic E-state index is 12.3. The average Bonchev–Trinajstić information content (AvgIpc) is 3.04. The van der Waals surface area contributed by atoms with Crippen LogP contribution in [0.5, 0.6) is 0 Å². The quantitative estimate of drug-likeness (QED) is 0.631. The summed E-state index contributed by atoms with van der Waals surface area (Å²) in [5.74, 6) is -0.681. The Morgan fingerprint density at radius 2 is 1.81 bits per heavy atom. The summed E-state index contributed by atoms with van der Waals surface area (Å²) in [6, 6.07) is 13.5. The summed E-state index contributed by atoms with van der Waals surface area (Å²) >= 11 is 3.33. The second-order valence-electron chi connectivity index (χ2n) is 5.29. The number of halogens is 1. The van der Waals surface area contributed by atoms with E-state index in [-0.39, 0.29) is 5.82 Å². The van der Waals surface area contributed by atoms with Crippen molar-refractivity contribution in [2.45, 2.75) is 0 Å². The average molecular weight is 437 g/mol. The van der Waals surface area contributed by atoms with E-state index in [1.807, 2.05) is 12.1 Å². The lowest BCUT2D eigenvalue weighted by Crippen LogP contribution is -2.15. The molecule has 2 N–H and O–H groups in total. The SMILES string of the molecule is CS(=O)(=O)Nc1cccc(NC(=O)c2nnn(-c3ccc(Br)cc3)n2)c1. The summed E-state index contributed by atoms with van der Waals surface area (Å²) < 4.78 is 25.8. The first-order chi connectivity index (χ1) is 12.3. The van der Waals surface area contributed by atoms with Crippen molar-refractivity contribution >= 4 is 43.2 Å². The molecule has 9 nitrogen and oxygen atoms in total. The Bertz CT molecular complexity index is 1050. The first-order valence-electron chi connectivity index (χ1n) is 7.25. The molecule has 0 spiro atoms. The summed E-state index contributed by atoms with van der Waals surface area (Å²) in [5.41, 5.74) is 1.37. The van der Waals surface area contributed by atoms with E-state index in [0.717, 1.165) is 10.7 Å². The van der Waals surface area contributed by atoms with Crippen molar-refractivity contribution in [1.82, 2.24) is 20.2 Å². The van der Waals surface area contributed by atoms with Crippen molar-refractivity contribution < 1.29 is 13.2 Å².